The summed E-state index contributed by atoms with van der Waals surface area (Å²) in [6.45, 7) is 1.86. The van der Waals surface area contributed by atoms with Gasteiger partial charge in [-0.15, -0.1) is 0 Å². The van der Waals surface area contributed by atoms with Gasteiger partial charge in [0.2, 0.25) is 11.7 Å². The molecular formula is C20H21F3N6O. The molecule has 1 aliphatic rings. The van der Waals surface area contributed by atoms with Crippen molar-refractivity contribution in [1.29, 1.82) is 0 Å². The normalized spacial score (nSPS) is 19.7. The van der Waals surface area contributed by atoms with E-state index < -0.39 is 23.6 Å². The Morgan fingerprint density at radius 1 is 1.23 bits per heavy atom. The first kappa shape index (κ1) is 20.1. The van der Waals surface area contributed by atoms with Gasteiger partial charge in [-0.1, -0.05) is 12.5 Å². The molecule has 4 N–H and O–H groups in total. The number of hydrogen-bond acceptors (Lipinski definition) is 4. The smallest absolute Gasteiger partial charge is 0.366 e. The van der Waals surface area contributed by atoms with Crippen molar-refractivity contribution >= 4 is 5.91 Å². The summed E-state index contributed by atoms with van der Waals surface area (Å²) in [5.41, 5.74) is 5.99. The molecule has 158 valence electrons. The molecule has 0 unspecified atom stereocenters. The molecule has 1 amide bonds. The highest BCUT2D eigenvalue weighted by atomic mass is 19.4. The van der Waals surface area contributed by atoms with Crippen LogP contribution in [0.3, 0.4) is 0 Å². The van der Waals surface area contributed by atoms with Crippen molar-refractivity contribution in [1.82, 2.24) is 25.1 Å². The van der Waals surface area contributed by atoms with Crippen LogP contribution >= 0.6 is 0 Å². The van der Waals surface area contributed by atoms with Crippen LogP contribution in [0, 0.1) is 6.92 Å². The van der Waals surface area contributed by atoms with Gasteiger partial charge in [0.05, 0.1) is 11.9 Å². The predicted molar refractivity (Wildman–Crippen MR) is 103 cm³/mol. The number of nitrogens with two attached hydrogens (primary N) is 1. The minimum Gasteiger partial charge on any atom is -0.366 e. The Kier molecular flexibility index (Phi) is 5.08. The number of H-pyrrole nitrogens is 2. The van der Waals surface area contributed by atoms with Crippen LogP contribution in [0.25, 0.3) is 11.5 Å². The molecule has 0 bridgehead atoms. The van der Waals surface area contributed by atoms with Crippen molar-refractivity contribution in [3.05, 3.63) is 52.7 Å². The number of carbonyl (C=O) groups is 1. The Morgan fingerprint density at radius 3 is 2.67 bits per heavy atom. The monoisotopic (exact) mass is 418 g/mol. The fourth-order valence-electron chi connectivity index (χ4n) is 4.31. The molecule has 2 heterocycles. The second kappa shape index (κ2) is 7.58. The fourth-order valence-corrected chi connectivity index (χ4v) is 4.31. The molecule has 1 saturated carbocycles. The molecule has 2 aromatic heterocycles. The van der Waals surface area contributed by atoms with Crippen LogP contribution in [-0.4, -0.2) is 31.1 Å². The summed E-state index contributed by atoms with van der Waals surface area (Å²) >= 11 is 0. The summed E-state index contributed by atoms with van der Waals surface area (Å²) in [5, 5.41) is 7.14. The highest BCUT2D eigenvalue weighted by molar-refractivity contribution is 5.95. The topological polar surface area (TPSA) is 113 Å². The van der Waals surface area contributed by atoms with Crippen LogP contribution in [0.1, 0.15) is 70.5 Å². The van der Waals surface area contributed by atoms with E-state index in [-0.39, 0.29) is 17.0 Å². The van der Waals surface area contributed by atoms with Crippen molar-refractivity contribution in [3.8, 4) is 11.5 Å². The van der Waals surface area contributed by atoms with E-state index in [0.717, 1.165) is 18.2 Å². The van der Waals surface area contributed by atoms with Gasteiger partial charge in [0.1, 0.15) is 11.5 Å². The van der Waals surface area contributed by atoms with Crippen LogP contribution in [0.15, 0.2) is 24.5 Å². The van der Waals surface area contributed by atoms with Gasteiger partial charge in [-0.2, -0.15) is 18.3 Å². The zero-order valence-corrected chi connectivity index (χ0v) is 16.3. The second-order valence-corrected chi connectivity index (χ2v) is 7.61. The van der Waals surface area contributed by atoms with Gasteiger partial charge in [-0.3, -0.25) is 9.89 Å². The third-order valence-corrected chi connectivity index (χ3v) is 5.69. The van der Waals surface area contributed by atoms with Crippen molar-refractivity contribution in [2.24, 2.45) is 5.73 Å². The van der Waals surface area contributed by atoms with Crippen molar-refractivity contribution in [2.75, 3.05) is 0 Å². The van der Waals surface area contributed by atoms with E-state index >= 15 is 0 Å². The first-order valence-corrected chi connectivity index (χ1v) is 9.68. The van der Waals surface area contributed by atoms with Crippen molar-refractivity contribution in [2.45, 2.75) is 50.6 Å². The van der Waals surface area contributed by atoms with Crippen molar-refractivity contribution < 1.29 is 18.0 Å². The van der Waals surface area contributed by atoms with Gasteiger partial charge >= 0.3 is 6.18 Å². The first-order chi connectivity index (χ1) is 14.3. The number of aryl methyl sites for hydroxylation is 1. The van der Waals surface area contributed by atoms with Gasteiger partial charge in [0.25, 0.3) is 0 Å². The zero-order chi connectivity index (χ0) is 21.5. The maximum atomic E-state index is 13.7. The number of aromatic amines is 2. The van der Waals surface area contributed by atoms with Crippen LogP contribution in [-0.2, 0) is 6.18 Å². The number of hydrogen-bond donors (Lipinski definition) is 3. The van der Waals surface area contributed by atoms with Gasteiger partial charge in [-0.25, -0.2) is 9.97 Å². The molecule has 7 nitrogen and oxygen atoms in total. The van der Waals surface area contributed by atoms with E-state index in [1.54, 1.807) is 6.33 Å². The Bertz CT molecular complexity index is 1070. The Morgan fingerprint density at radius 2 is 2.00 bits per heavy atom. The third-order valence-electron chi connectivity index (χ3n) is 5.69. The van der Waals surface area contributed by atoms with Gasteiger partial charge < -0.3 is 10.7 Å². The lowest BCUT2D eigenvalue weighted by Crippen LogP contribution is -2.23. The first-order valence-electron chi connectivity index (χ1n) is 9.68. The minimum atomic E-state index is -4.56. The van der Waals surface area contributed by atoms with E-state index in [1.165, 1.54) is 12.1 Å². The number of nitrogens with zero attached hydrogens (tertiary/aromatic N) is 3. The Balaban J connectivity index is 1.67. The molecule has 4 rings (SSSR count). The lowest BCUT2D eigenvalue weighted by molar-refractivity contribution is -0.138. The number of rotatable bonds is 4. The van der Waals surface area contributed by atoms with Crippen LogP contribution in [0.5, 0.6) is 0 Å². The maximum Gasteiger partial charge on any atom is 0.416 e. The quantitative estimate of drug-likeness (QED) is 0.593. The van der Waals surface area contributed by atoms with E-state index in [0.29, 0.717) is 36.6 Å². The number of amides is 1. The number of carbonyl (C=O) groups excluding carboxylic acids is 1. The van der Waals surface area contributed by atoms with Crippen LogP contribution < -0.4 is 5.73 Å². The molecule has 1 aromatic carbocycles. The van der Waals surface area contributed by atoms with E-state index in [2.05, 4.69) is 25.1 Å². The molecule has 30 heavy (non-hydrogen) atoms. The van der Waals surface area contributed by atoms with Crippen LogP contribution in [0.4, 0.5) is 13.2 Å². The lowest BCUT2D eigenvalue weighted by atomic mass is 9.75. The standard InChI is InChI=1S/C20H21F3N6O/c1-10-16(26-9-25-10)19-27-18(28-29-19)12-5-2-4-11(8-12)15-13(17(24)30)6-3-7-14(15)20(21,22)23/h3,6-7,9,11-12H,2,4-5,8H2,1H3,(H2,24,30)(H,25,26)(H,27,28,29)/t11-,12+/m1/s1. The Labute approximate surface area is 170 Å². The highest BCUT2D eigenvalue weighted by Gasteiger charge is 2.39. The van der Waals surface area contributed by atoms with E-state index in [9.17, 15) is 18.0 Å². The van der Waals surface area contributed by atoms with Gasteiger partial charge in [0.15, 0.2) is 0 Å². The molecular weight excluding hydrogens is 397 g/mol. The average Bonchev–Trinajstić information content (AvgIpc) is 3.35. The molecule has 10 heteroatoms. The molecule has 0 aliphatic heterocycles. The summed E-state index contributed by atoms with van der Waals surface area (Å²) in [4.78, 5) is 23.6. The molecule has 0 radical (unpaired) electrons. The largest absolute Gasteiger partial charge is 0.416 e. The summed E-state index contributed by atoms with van der Waals surface area (Å²) < 4.78 is 41.0. The van der Waals surface area contributed by atoms with Crippen LogP contribution in [0.2, 0.25) is 0 Å². The summed E-state index contributed by atoms with van der Waals surface area (Å²) in [6, 6.07) is 3.60. The zero-order valence-electron chi connectivity index (χ0n) is 16.3. The number of primary amides is 1. The Hall–Kier alpha value is -3.17. The number of aromatic nitrogens is 5. The van der Waals surface area contributed by atoms with Crippen molar-refractivity contribution in [3.63, 3.8) is 0 Å². The minimum absolute atomic E-state index is 0.00918. The second-order valence-electron chi connectivity index (χ2n) is 7.61. The van der Waals surface area contributed by atoms with E-state index in [1.807, 2.05) is 6.92 Å². The number of benzene rings is 1. The summed E-state index contributed by atoms with van der Waals surface area (Å²) in [6.07, 6.45) is -0.575. The third kappa shape index (κ3) is 3.69. The molecule has 1 fully saturated rings. The number of imidazole rings is 1. The van der Waals surface area contributed by atoms with Gasteiger partial charge in [-0.05, 0) is 49.8 Å². The van der Waals surface area contributed by atoms with Gasteiger partial charge in [0, 0.05) is 17.2 Å². The number of alkyl halides is 3. The fraction of sp³-hybridized carbons (Fsp3) is 0.400. The summed E-state index contributed by atoms with van der Waals surface area (Å²) in [7, 11) is 0. The molecule has 1 aliphatic carbocycles. The number of halogens is 3. The lowest BCUT2D eigenvalue weighted by Gasteiger charge is -2.31. The molecule has 0 spiro atoms. The SMILES string of the molecule is Cc1[nH]cnc1-c1n[nH]c([C@H]2CCC[C@@H](c3c(C(N)=O)cccc3C(F)(F)F)C2)n1. The molecule has 2 atom stereocenters. The average molecular weight is 418 g/mol. The summed E-state index contributed by atoms with van der Waals surface area (Å²) in [5.74, 6) is -0.355. The highest BCUT2D eigenvalue weighted by Crippen LogP contribution is 2.45. The maximum absolute atomic E-state index is 13.7. The predicted octanol–water partition coefficient (Wildman–Crippen LogP) is 4.06. The number of nitrogens with one attached hydrogen (secondary N) is 2. The molecule has 3 aromatic rings. The van der Waals surface area contributed by atoms with E-state index in [4.69, 9.17) is 5.73 Å². The molecule has 0 saturated heterocycles.